The lowest BCUT2D eigenvalue weighted by Gasteiger charge is -2.38. The molecule has 4 atom stereocenters. The van der Waals surface area contributed by atoms with Crippen molar-refractivity contribution in [2.75, 3.05) is 44.6 Å². The molecule has 3 amide bonds. The van der Waals surface area contributed by atoms with Gasteiger partial charge in [-0.25, -0.2) is 14.6 Å². The number of alkyl halides is 3. The van der Waals surface area contributed by atoms with Gasteiger partial charge >= 0.3 is 18.3 Å². The summed E-state index contributed by atoms with van der Waals surface area (Å²) in [6.45, 7) is 10.4. The molecule has 218 valence electrons. The molecular formula is C24H35F3N6O6. The van der Waals surface area contributed by atoms with Gasteiger partial charge < -0.3 is 39.4 Å². The fraction of sp³-hybridized carbons (Fsp3) is 0.750. The first-order chi connectivity index (χ1) is 18.1. The third kappa shape index (κ3) is 7.39. The van der Waals surface area contributed by atoms with E-state index in [9.17, 15) is 22.8 Å². The van der Waals surface area contributed by atoms with Gasteiger partial charge in [-0.1, -0.05) is 0 Å². The molecule has 3 fully saturated rings. The second kappa shape index (κ2) is 10.9. The van der Waals surface area contributed by atoms with Crippen LogP contribution >= 0.6 is 0 Å². The van der Waals surface area contributed by atoms with Crippen molar-refractivity contribution in [1.82, 2.24) is 25.1 Å². The van der Waals surface area contributed by atoms with Crippen LogP contribution in [0.25, 0.3) is 0 Å². The van der Waals surface area contributed by atoms with Crippen LogP contribution in [0, 0.1) is 0 Å². The molecule has 0 aromatic carbocycles. The summed E-state index contributed by atoms with van der Waals surface area (Å²) in [5.74, 6) is -1.04. The quantitative estimate of drug-likeness (QED) is 0.571. The molecule has 0 unspecified atom stereocenters. The smallest absolute Gasteiger partial charge is 0.434 e. The number of carbonyl (C=O) groups is 2. The number of hydrogen-bond donors (Lipinski definition) is 2. The second-order valence-corrected chi connectivity index (χ2v) is 11.1. The van der Waals surface area contributed by atoms with Crippen LogP contribution in [0.4, 0.5) is 28.6 Å². The molecule has 0 saturated carbocycles. The normalized spacial score (nSPS) is 27.1. The number of nitrogens with zero attached hydrogens (tertiary/aromatic N) is 4. The van der Waals surface area contributed by atoms with E-state index in [-0.39, 0.29) is 25.0 Å². The van der Waals surface area contributed by atoms with E-state index in [1.807, 2.05) is 0 Å². The third-order valence-electron chi connectivity index (χ3n) is 6.35. The van der Waals surface area contributed by atoms with Gasteiger partial charge in [0, 0.05) is 32.7 Å². The molecule has 3 saturated heterocycles. The zero-order valence-corrected chi connectivity index (χ0v) is 22.6. The summed E-state index contributed by atoms with van der Waals surface area (Å²) in [4.78, 5) is 35.5. The zero-order chi connectivity index (χ0) is 28.6. The Kier molecular flexibility index (Phi) is 8.15. The number of urea groups is 1. The SMILES string of the molecule is CC(C)(C)OC(=O)N1CCN(C(=O)NC[C@H]2OC[C@H](Nc3cncc(C(F)(F)F)n3)[C@H]3OC(C)(C)O[C@H]32)CC1. The fourth-order valence-corrected chi connectivity index (χ4v) is 4.61. The molecule has 1 aromatic heterocycles. The highest BCUT2D eigenvalue weighted by atomic mass is 19.4. The molecule has 1 aromatic rings. The topological polar surface area (TPSA) is 127 Å². The minimum absolute atomic E-state index is 0.0669. The van der Waals surface area contributed by atoms with Gasteiger partial charge in [0.1, 0.15) is 29.7 Å². The van der Waals surface area contributed by atoms with Crippen molar-refractivity contribution in [1.29, 1.82) is 0 Å². The van der Waals surface area contributed by atoms with E-state index >= 15 is 0 Å². The van der Waals surface area contributed by atoms with Gasteiger partial charge in [0.15, 0.2) is 11.5 Å². The Morgan fingerprint density at radius 2 is 1.72 bits per heavy atom. The number of aromatic nitrogens is 2. The molecule has 2 N–H and O–H groups in total. The molecule has 4 heterocycles. The number of halogens is 3. The number of carbonyl (C=O) groups excluding carboxylic acids is 2. The van der Waals surface area contributed by atoms with Gasteiger partial charge in [-0.05, 0) is 34.6 Å². The summed E-state index contributed by atoms with van der Waals surface area (Å²) in [7, 11) is 0. The molecule has 0 radical (unpaired) electrons. The van der Waals surface area contributed by atoms with Gasteiger partial charge in [-0.15, -0.1) is 0 Å². The summed E-state index contributed by atoms with van der Waals surface area (Å²) in [6, 6.07) is -0.876. The van der Waals surface area contributed by atoms with Crippen molar-refractivity contribution in [3.63, 3.8) is 0 Å². The highest BCUT2D eigenvalue weighted by molar-refractivity contribution is 5.75. The minimum atomic E-state index is -4.63. The average molecular weight is 561 g/mol. The van der Waals surface area contributed by atoms with Crippen molar-refractivity contribution in [2.45, 2.75) is 76.5 Å². The summed E-state index contributed by atoms with van der Waals surface area (Å²) < 4.78 is 62.6. The van der Waals surface area contributed by atoms with Crippen LogP contribution in [0.15, 0.2) is 12.4 Å². The van der Waals surface area contributed by atoms with Crippen LogP contribution in [-0.2, 0) is 25.1 Å². The Morgan fingerprint density at radius 3 is 2.36 bits per heavy atom. The lowest BCUT2D eigenvalue weighted by Crippen LogP contribution is -2.59. The summed E-state index contributed by atoms with van der Waals surface area (Å²) in [6.07, 6.45) is -4.94. The molecule has 0 spiro atoms. The van der Waals surface area contributed by atoms with Crippen LogP contribution in [0.1, 0.15) is 40.3 Å². The van der Waals surface area contributed by atoms with Crippen molar-refractivity contribution in [3.8, 4) is 0 Å². The number of amides is 3. The van der Waals surface area contributed by atoms with E-state index in [1.165, 1.54) is 6.20 Å². The van der Waals surface area contributed by atoms with Crippen molar-refractivity contribution >= 4 is 17.9 Å². The number of piperazine rings is 1. The van der Waals surface area contributed by atoms with Crippen LogP contribution in [0.5, 0.6) is 0 Å². The van der Waals surface area contributed by atoms with Crippen LogP contribution in [0.3, 0.4) is 0 Å². The standard InChI is InChI=1S/C24H35F3N6O6/c1-22(2,3)39-21(35)33-8-6-32(7-9-33)20(34)29-10-15-19-18(37-23(4,5)38-19)14(13-36-15)30-17-12-28-11-16(31-17)24(25,26)27/h11-12,14-15,18-19H,6-10,13H2,1-5H3,(H,29,34)(H,30,31)/t14-,15+,18+,19-/m0/s1. The van der Waals surface area contributed by atoms with E-state index in [2.05, 4.69) is 20.6 Å². The number of ether oxygens (including phenoxy) is 4. The largest absolute Gasteiger partial charge is 0.444 e. The maximum Gasteiger partial charge on any atom is 0.434 e. The lowest BCUT2D eigenvalue weighted by molar-refractivity contribution is -0.153. The summed E-state index contributed by atoms with van der Waals surface area (Å²) in [5, 5.41) is 5.78. The van der Waals surface area contributed by atoms with Crippen LogP contribution < -0.4 is 10.6 Å². The Bertz CT molecular complexity index is 1040. The van der Waals surface area contributed by atoms with Crippen molar-refractivity contribution < 1.29 is 41.7 Å². The van der Waals surface area contributed by atoms with Gasteiger partial charge in [-0.3, -0.25) is 4.98 Å². The molecule has 3 aliphatic rings. The van der Waals surface area contributed by atoms with E-state index in [4.69, 9.17) is 18.9 Å². The van der Waals surface area contributed by atoms with Crippen LogP contribution in [-0.4, -0.2) is 107 Å². The molecule has 3 aliphatic heterocycles. The molecule has 0 aliphatic carbocycles. The number of rotatable bonds is 4. The molecule has 12 nitrogen and oxygen atoms in total. The zero-order valence-electron chi connectivity index (χ0n) is 22.6. The monoisotopic (exact) mass is 560 g/mol. The molecule has 0 bridgehead atoms. The first-order valence-corrected chi connectivity index (χ1v) is 12.7. The molecule has 39 heavy (non-hydrogen) atoms. The van der Waals surface area contributed by atoms with Gasteiger partial charge in [0.25, 0.3) is 0 Å². The Balaban J connectivity index is 1.31. The first-order valence-electron chi connectivity index (χ1n) is 12.7. The third-order valence-corrected chi connectivity index (χ3v) is 6.35. The predicted octanol–water partition coefficient (Wildman–Crippen LogP) is 2.46. The fourth-order valence-electron chi connectivity index (χ4n) is 4.61. The van der Waals surface area contributed by atoms with E-state index in [0.29, 0.717) is 32.4 Å². The molecule has 4 rings (SSSR count). The summed E-state index contributed by atoms with van der Waals surface area (Å²) in [5.41, 5.74) is -1.71. The highest BCUT2D eigenvalue weighted by Crippen LogP contribution is 2.36. The summed E-state index contributed by atoms with van der Waals surface area (Å²) >= 11 is 0. The highest BCUT2D eigenvalue weighted by Gasteiger charge is 2.52. The molecular weight excluding hydrogens is 525 g/mol. The second-order valence-electron chi connectivity index (χ2n) is 11.1. The number of fused-ring (bicyclic) bond motifs is 1. The maximum absolute atomic E-state index is 13.1. The van der Waals surface area contributed by atoms with E-state index in [1.54, 1.807) is 44.4 Å². The van der Waals surface area contributed by atoms with Gasteiger partial charge in [-0.2, -0.15) is 13.2 Å². The van der Waals surface area contributed by atoms with E-state index in [0.717, 1.165) is 0 Å². The maximum atomic E-state index is 13.1. The first kappa shape index (κ1) is 29.1. The average Bonchev–Trinajstić information content (AvgIpc) is 3.17. The molecule has 15 heteroatoms. The van der Waals surface area contributed by atoms with Crippen molar-refractivity contribution in [3.05, 3.63) is 18.1 Å². The van der Waals surface area contributed by atoms with Crippen LogP contribution in [0.2, 0.25) is 0 Å². The predicted molar refractivity (Wildman–Crippen MR) is 131 cm³/mol. The Labute approximate surface area is 224 Å². The lowest BCUT2D eigenvalue weighted by atomic mass is 9.98. The van der Waals surface area contributed by atoms with Crippen molar-refractivity contribution in [2.24, 2.45) is 0 Å². The van der Waals surface area contributed by atoms with Gasteiger partial charge in [0.05, 0.1) is 25.0 Å². The number of nitrogens with one attached hydrogen (secondary N) is 2. The number of anilines is 1. The Morgan fingerprint density at radius 1 is 1.08 bits per heavy atom. The Hall–Kier alpha value is -2.91. The van der Waals surface area contributed by atoms with Gasteiger partial charge in [0.2, 0.25) is 0 Å². The minimum Gasteiger partial charge on any atom is -0.444 e. The van der Waals surface area contributed by atoms with E-state index < -0.39 is 53.7 Å². The number of hydrogen-bond acceptors (Lipinski definition) is 9.